The molecular formula is C12H18. The quantitative estimate of drug-likeness (QED) is 0.334. The predicted molar refractivity (Wildman–Crippen MR) is 56.1 cm³/mol. The van der Waals surface area contributed by atoms with Crippen molar-refractivity contribution in [3.8, 4) is 0 Å². The molecule has 0 rings (SSSR count). The second kappa shape index (κ2) is 4.79. The van der Waals surface area contributed by atoms with Crippen LogP contribution in [0.2, 0.25) is 0 Å². The first-order valence-electron chi connectivity index (χ1n) is 4.16. The molecule has 0 radical (unpaired) electrons. The molecule has 0 nitrogen and oxygen atoms in total. The van der Waals surface area contributed by atoms with Crippen LogP contribution in [-0.2, 0) is 0 Å². The Morgan fingerprint density at radius 3 is 2.00 bits per heavy atom. The van der Waals surface area contributed by atoms with E-state index in [2.05, 4.69) is 32.7 Å². The van der Waals surface area contributed by atoms with Crippen molar-refractivity contribution in [1.29, 1.82) is 0 Å². The highest BCUT2D eigenvalue weighted by Gasteiger charge is 1.98. The minimum Gasteiger partial charge on any atom is -0.125 e. The smallest absolute Gasteiger partial charge is 0.00689 e. The van der Waals surface area contributed by atoms with Gasteiger partial charge in [-0.15, -0.1) is 5.73 Å². The molecule has 0 fully saturated rings. The molecule has 0 heteroatoms. The van der Waals surface area contributed by atoms with Gasteiger partial charge >= 0.3 is 0 Å². The number of rotatable bonds is 3. The lowest BCUT2D eigenvalue weighted by Gasteiger charge is -2.06. The maximum Gasteiger partial charge on any atom is -0.00689 e. The highest BCUT2D eigenvalue weighted by molar-refractivity contribution is 5.31. The Morgan fingerprint density at radius 2 is 1.67 bits per heavy atom. The van der Waals surface area contributed by atoms with Crippen molar-refractivity contribution >= 4 is 0 Å². The van der Waals surface area contributed by atoms with Crippen LogP contribution in [0.4, 0.5) is 0 Å². The van der Waals surface area contributed by atoms with Crippen molar-refractivity contribution in [1.82, 2.24) is 0 Å². The monoisotopic (exact) mass is 162 g/mol. The van der Waals surface area contributed by atoms with Crippen LogP contribution in [0, 0.1) is 0 Å². The summed E-state index contributed by atoms with van der Waals surface area (Å²) in [7, 11) is 0. The summed E-state index contributed by atoms with van der Waals surface area (Å²) >= 11 is 0. The normalized spacial score (nSPS) is 11.7. The third-order valence-corrected chi connectivity index (χ3v) is 2.03. The van der Waals surface area contributed by atoms with Crippen molar-refractivity contribution in [3.05, 3.63) is 41.2 Å². The van der Waals surface area contributed by atoms with Crippen molar-refractivity contribution in [2.45, 2.75) is 34.1 Å². The zero-order chi connectivity index (χ0) is 9.72. The van der Waals surface area contributed by atoms with E-state index < -0.39 is 0 Å². The summed E-state index contributed by atoms with van der Waals surface area (Å²) in [5.41, 5.74) is 7.87. The lowest BCUT2D eigenvalue weighted by molar-refractivity contribution is 1.07. The molecule has 0 spiro atoms. The second-order valence-electron chi connectivity index (χ2n) is 3.34. The van der Waals surface area contributed by atoms with E-state index in [0.717, 1.165) is 12.0 Å². The van der Waals surface area contributed by atoms with Crippen LogP contribution in [0.1, 0.15) is 34.1 Å². The van der Waals surface area contributed by atoms with Crippen LogP contribution in [0.3, 0.4) is 0 Å². The van der Waals surface area contributed by atoms with E-state index in [1.807, 2.05) is 13.8 Å². The van der Waals surface area contributed by atoms with Gasteiger partial charge in [0.25, 0.3) is 0 Å². The standard InChI is InChI=1S/C12H18/c1-7-10(4)12(6)11(5)8-9(2)3/h1-2,8H2,3-6H3. The number of allylic oxidation sites excluding steroid dienone is 4. The Bertz CT molecular complexity index is 258. The van der Waals surface area contributed by atoms with Crippen LogP contribution in [-0.4, -0.2) is 0 Å². The molecule has 0 atom stereocenters. The van der Waals surface area contributed by atoms with Gasteiger partial charge in [-0.1, -0.05) is 24.3 Å². The molecule has 0 saturated heterocycles. The van der Waals surface area contributed by atoms with Crippen molar-refractivity contribution in [3.63, 3.8) is 0 Å². The Morgan fingerprint density at radius 1 is 1.17 bits per heavy atom. The van der Waals surface area contributed by atoms with Crippen molar-refractivity contribution < 1.29 is 0 Å². The molecule has 0 aromatic rings. The minimum atomic E-state index is 0.977. The molecule has 0 aromatic heterocycles. The molecule has 0 saturated carbocycles. The molecule has 0 aliphatic heterocycles. The fourth-order valence-corrected chi connectivity index (χ4v) is 1.04. The van der Waals surface area contributed by atoms with Gasteiger partial charge in [-0.25, -0.2) is 0 Å². The number of hydrogen-bond acceptors (Lipinski definition) is 0. The van der Waals surface area contributed by atoms with E-state index >= 15 is 0 Å². The third-order valence-electron chi connectivity index (χ3n) is 2.03. The molecule has 0 amide bonds. The summed E-state index contributed by atoms with van der Waals surface area (Å²) in [5.74, 6) is 0. The summed E-state index contributed by atoms with van der Waals surface area (Å²) in [6, 6.07) is 0. The molecule has 0 aliphatic carbocycles. The van der Waals surface area contributed by atoms with Gasteiger partial charge in [0.15, 0.2) is 0 Å². The van der Waals surface area contributed by atoms with Crippen LogP contribution in [0.25, 0.3) is 0 Å². The lowest BCUT2D eigenvalue weighted by Crippen LogP contribution is -1.86. The van der Waals surface area contributed by atoms with E-state index in [1.54, 1.807) is 0 Å². The summed E-state index contributed by atoms with van der Waals surface area (Å²) in [6.45, 7) is 15.8. The largest absolute Gasteiger partial charge is 0.125 e. The molecule has 66 valence electrons. The SMILES string of the molecule is C=C=C(C)C(C)=C(C)CC(=C)C. The molecule has 0 bridgehead atoms. The van der Waals surface area contributed by atoms with E-state index in [9.17, 15) is 0 Å². The van der Waals surface area contributed by atoms with E-state index in [-0.39, 0.29) is 0 Å². The van der Waals surface area contributed by atoms with Crippen LogP contribution in [0.5, 0.6) is 0 Å². The maximum atomic E-state index is 3.88. The summed E-state index contributed by atoms with van der Waals surface area (Å²) in [4.78, 5) is 0. The summed E-state index contributed by atoms with van der Waals surface area (Å²) in [5, 5.41) is 0. The minimum absolute atomic E-state index is 0.977. The van der Waals surface area contributed by atoms with Crippen molar-refractivity contribution in [2.24, 2.45) is 0 Å². The van der Waals surface area contributed by atoms with Crippen LogP contribution >= 0.6 is 0 Å². The first-order chi connectivity index (χ1) is 5.49. The zero-order valence-corrected chi connectivity index (χ0v) is 8.62. The van der Waals surface area contributed by atoms with Crippen LogP contribution in [0.15, 0.2) is 41.2 Å². The van der Waals surface area contributed by atoms with Gasteiger partial charge in [0, 0.05) is 0 Å². The fraction of sp³-hybridized carbons (Fsp3) is 0.417. The topological polar surface area (TPSA) is 0 Å². The summed E-state index contributed by atoms with van der Waals surface area (Å²) < 4.78 is 0. The predicted octanol–water partition coefficient (Wildman–Crippen LogP) is 4.02. The van der Waals surface area contributed by atoms with Crippen molar-refractivity contribution in [2.75, 3.05) is 0 Å². The van der Waals surface area contributed by atoms with E-state index in [1.165, 1.54) is 16.7 Å². The molecule has 0 aromatic carbocycles. The van der Waals surface area contributed by atoms with Gasteiger partial charge in [-0.3, -0.25) is 0 Å². The first kappa shape index (κ1) is 11.0. The zero-order valence-electron chi connectivity index (χ0n) is 8.62. The Hall–Kier alpha value is -1.00. The highest BCUT2D eigenvalue weighted by atomic mass is 14.0. The molecule has 0 unspecified atom stereocenters. The molecule has 0 N–H and O–H groups in total. The first-order valence-corrected chi connectivity index (χ1v) is 4.16. The maximum absolute atomic E-state index is 3.88. The van der Waals surface area contributed by atoms with Crippen LogP contribution < -0.4 is 0 Å². The second-order valence-corrected chi connectivity index (χ2v) is 3.34. The van der Waals surface area contributed by atoms with Gasteiger partial charge in [-0.2, -0.15) is 0 Å². The molecule has 12 heavy (non-hydrogen) atoms. The lowest BCUT2D eigenvalue weighted by atomic mass is 10.00. The molecular weight excluding hydrogens is 144 g/mol. The Balaban J connectivity index is 4.69. The fourth-order valence-electron chi connectivity index (χ4n) is 1.04. The van der Waals surface area contributed by atoms with Gasteiger partial charge < -0.3 is 0 Å². The Labute approximate surface area is 76.0 Å². The highest BCUT2D eigenvalue weighted by Crippen LogP contribution is 2.17. The molecule has 0 heterocycles. The average molecular weight is 162 g/mol. The summed E-state index contributed by atoms with van der Waals surface area (Å²) in [6.07, 6.45) is 0.977. The third kappa shape index (κ3) is 3.41. The number of hydrogen-bond donors (Lipinski definition) is 0. The van der Waals surface area contributed by atoms with Gasteiger partial charge in [0.1, 0.15) is 0 Å². The van der Waals surface area contributed by atoms with E-state index in [4.69, 9.17) is 0 Å². The Kier molecular flexibility index (Phi) is 4.39. The van der Waals surface area contributed by atoms with Gasteiger partial charge in [0.05, 0.1) is 0 Å². The van der Waals surface area contributed by atoms with E-state index in [0.29, 0.717) is 0 Å². The van der Waals surface area contributed by atoms with Gasteiger partial charge in [-0.05, 0) is 45.3 Å². The average Bonchev–Trinajstić information content (AvgIpc) is 2.00. The molecule has 0 aliphatic rings. The van der Waals surface area contributed by atoms with Gasteiger partial charge in [0.2, 0.25) is 0 Å².